The third-order valence-electron chi connectivity index (χ3n) is 9.86. The molecular formula is C42H25N3O2. The summed E-state index contributed by atoms with van der Waals surface area (Å²) in [6.45, 7) is 0. The number of hydrogen-bond donors (Lipinski definition) is 0. The van der Waals surface area contributed by atoms with Crippen LogP contribution in [0.25, 0.3) is 99.9 Å². The molecule has 47 heavy (non-hydrogen) atoms. The van der Waals surface area contributed by atoms with Gasteiger partial charge in [0, 0.05) is 32.5 Å². The second-order valence-corrected chi connectivity index (χ2v) is 12.5. The molecule has 4 aromatic heterocycles. The molecule has 0 fully saturated rings. The first-order valence-corrected chi connectivity index (χ1v) is 16.1. The molecule has 0 saturated heterocycles. The van der Waals surface area contributed by atoms with E-state index in [1.54, 1.807) is 0 Å². The Bertz CT molecular complexity index is 2960. The van der Waals surface area contributed by atoms with Gasteiger partial charge in [0.05, 0.1) is 27.5 Å². The minimum absolute atomic E-state index is 0.562. The second-order valence-electron chi connectivity index (χ2n) is 12.5. The topological polar surface area (TPSA) is 57.0 Å². The highest BCUT2D eigenvalue weighted by molar-refractivity contribution is 6.27. The van der Waals surface area contributed by atoms with Crippen molar-refractivity contribution in [1.29, 1.82) is 0 Å². The summed E-state index contributed by atoms with van der Waals surface area (Å²) in [5.74, 6) is 0.562. The van der Waals surface area contributed by atoms with Crippen molar-refractivity contribution >= 4 is 82.7 Å². The molecule has 10 aromatic rings. The molecule has 6 aromatic carbocycles. The minimum atomic E-state index is 0.562. The van der Waals surface area contributed by atoms with E-state index in [1.165, 1.54) is 11.1 Å². The van der Waals surface area contributed by atoms with E-state index < -0.39 is 0 Å². The molecule has 0 amide bonds. The van der Waals surface area contributed by atoms with Crippen LogP contribution in [0.1, 0.15) is 17.5 Å². The quantitative estimate of drug-likeness (QED) is 0.197. The number of hydrogen-bond acceptors (Lipinski definition) is 4. The van der Waals surface area contributed by atoms with Crippen molar-refractivity contribution in [1.82, 2.24) is 14.5 Å². The number of benzene rings is 6. The van der Waals surface area contributed by atoms with E-state index in [4.69, 9.17) is 18.8 Å². The summed E-state index contributed by atoms with van der Waals surface area (Å²) in [7, 11) is 0. The van der Waals surface area contributed by atoms with E-state index in [1.807, 2.05) is 24.3 Å². The van der Waals surface area contributed by atoms with Crippen LogP contribution in [0, 0.1) is 0 Å². The number of allylic oxidation sites excluding steroid dienone is 1. The van der Waals surface area contributed by atoms with Gasteiger partial charge in [-0.15, -0.1) is 0 Å². The van der Waals surface area contributed by atoms with Gasteiger partial charge in [-0.1, -0.05) is 97.1 Å². The number of para-hydroxylation sites is 1. The Labute approximate surface area is 268 Å². The van der Waals surface area contributed by atoms with Crippen LogP contribution < -0.4 is 0 Å². The van der Waals surface area contributed by atoms with Gasteiger partial charge < -0.3 is 8.83 Å². The number of aryl methyl sites for hydroxylation is 1. The van der Waals surface area contributed by atoms with E-state index in [-0.39, 0.29) is 0 Å². The predicted octanol–water partition coefficient (Wildman–Crippen LogP) is 11.2. The molecule has 220 valence electrons. The van der Waals surface area contributed by atoms with Gasteiger partial charge in [-0.05, 0) is 59.7 Å². The lowest BCUT2D eigenvalue weighted by Gasteiger charge is -2.12. The van der Waals surface area contributed by atoms with E-state index in [0.717, 1.165) is 95.0 Å². The Hall–Kier alpha value is -6.20. The van der Waals surface area contributed by atoms with Gasteiger partial charge in [0.1, 0.15) is 16.7 Å². The first-order chi connectivity index (χ1) is 23.3. The summed E-state index contributed by atoms with van der Waals surface area (Å²) in [4.78, 5) is 10.7. The minimum Gasteiger partial charge on any atom is -0.456 e. The average Bonchev–Trinajstić information content (AvgIpc) is 3.79. The third-order valence-corrected chi connectivity index (χ3v) is 9.86. The Balaban J connectivity index is 1.37. The van der Waals surface area contributed by atoms with Crippen LogP contribution in [-0.4, -0.2) is 14.5 Å². The van der Waals surface area contributed by atoms with Crippen molar-refractivity contribution in [2.24, 2.45) is 0 Å². The van der Waals surface area contributed by atoms with E-state index in [2.05, 4.69) is 108 Å². The van der Waals surface area contributed by atoms with E-state index in [9.17, 15) is 0 Å². The van der Waals surface area contributed by atoms with Crippen molar-refractivity contribution in [3.05, 3.63) is 132 Å². The summed E-state index contributed by atoms with van der Waals surface area (Å²) in [6, 6.07) is 40.3. The van der Waals surface area contributed by atoms with Crippen molar-refractivity contribution in [2.45, 2.75) is 12.8 Å². The lowest BCUT2D eigenvalue weighted by atomic mass is 9.95. The van der Waals surface area contributed by atoms with Crippen LogP contribution in [0.5, 0.6) is 0 Å². The number of aromatic nitrogens is 3. The molecule has 0 bridgehead atoms. The SMILES string of the molecule is C1=Cc2cc3c(cc2CC1)oc1ccc2c4ccc5ccccc5c4n(-c4nc(-c5ccccc5)c5c(n4)oc4ccccc45)c2c13. The Morgan fingerprint density at radius 1 is 0.574 bits per heavy atom. The Morgan fingerprint density at radius 2 is 1.38 bits per heavy atom. The number of fused-ring (bicyclic) bond motifs is 13. The monoisotopic (exact) mass is 603 g/mol. The number of nitrogens with zero attached hydrogens (tertiary/aromatic N) is 3. The molecule has 0 unspecified atom stereocenters. The average molecular weight is 604 g/mol. The first kappa shape index (κ1) is 25.0. The second kappa shape index (κ2) is 9.18. The van der Waals surface area contributed by atoms with Gasteiger partial charge in [0.25, 0.3) is 0 Å². The van der Waals surface area contributed by atoms with Gasteiger partial charge in [-0.2, -0.15) is 4.98 Å². The highest BCUT2D eigenvalue weighted by atomic mass is 16.3. The van der Waals surface area contributed by atoms with Crippen LogP contribution in [-0.2, 0) is 6.42 Å². The van der Waals surface area contributed by atoms with Gasteiger partial charge in [0.15, 0.2) is 0 Å². The molecule has 0 aliphatic heterocycles. The molecule has 1 aliphatic rings. The zero-order valence-electron chi connectivity index (χ0n) is 25.2. The fourth-order valence-electron chi connectivity index (χ4n) is 7.77. The zero-order chi connectivity index (χ0) is 30.6. The first-order valence-electron chi connectivity index (χ1n) is 16.1. The fourth-order valence-corrected chi connectivity index (χ4v) is 7.77. The highest BCUT2D eigenvalue weighted by Gasteiger charge is 2.25. The van der Waals surface area contributed by atoms with Crippen molar-refractivity contribution in [3.63, 3.8) is 0 Å². The Kier molecular flexibility index (Phi) is 4.89. The molecule has 0 N–H and O–H groups in total. The standard InChI is InChI=1S/C42H25N3O2/c1-2-11-25(12-3-1)38-37-31-16-8-9-17-33(31)47-41(37)44-42(43-38)45-39-28-15-7-6-10-24(28)18-19-29(39)30-20-21-34-36(40(30)45)32-22-26-13-4-5-14-27(26)23-35(32)46-34/h1-4,6-13,15-23H,5,14H2. The van der Waals surface area contributed by atoms with Crippen LogP contribution in [0.15, 0.2) is 130 Å². The van der Waals surface area contributed by atoms with Gasteiger partial charge in [-0.3, -0.25) is 4.57 Å². The Morgan fingerprint density at radius 3 is 2.32 bits per heavy atom. The zero-order valence-corrected chi connectivity index (χ0v) is 25.2. The van der Waals surface area contributed by atoms with Gasteiger partial charge in [-0.25, -0.2) is 4.98 Å². The normalized spacial score (nSPS) is 13.3. The molecule has 0 radical (unpaired) electrons. The maximum absolute atomic E-state index is 6.61. The summed E-state index contributed by atoms with van der Waals surface area (Å²) >= 11 is 0. The predicted molar refractivity (Wildman–Crippen MR) is 191 cm³/mol. The van der Waals surface area contributed by atoms with E-state index in [0.29, 0.717) is 11.7 Å². The third kappa shape index (κ3) is 3.43. The molecule has 11 rings (SSSR count). The summed E-state index contributed by atoms with van der Waals surface area (Å²) < 4.78 is 15.3. The van der Waals surface area contributed by atoms with Crippen molar-refractivity contribution in [2.75, 3.05) is 0 Å². The maximum Gasteiger partial charge on any atom is 0.238 e. The summed E-state index contributed by atoms with van der Waals surface area (Å²) in [5, 5.41) is 8.64. The molecule has 5 nitrogen and oxygen atoms in total. The van der Waals surface area contributed by atoms with Crippen molar-refractivity contribution < 1.29 is 8.83 Å². The molecule has 0 spiro atoms. The molecule has 0 saturated carbocycles. The number of rotatable bonds is 2. The smallest absolute Gasteiger partial charge is 0.238 e. The highest BCUT2D eigenvalue weighted by Crippen LogP contribution is 2.44. The summed E-state index contributed by atoms with van der Waals surface area (Å²) in [6.07, 6.45) is 6.57. The van der Waals surface area contributed by atoms with Crippen molar-refractivity contribution in [3.8, 4) is 17.2 Å². The largest absolute Gasteiger partial charge is 0.456 e. The molecular weight excluding hydrogens is 578 g/mol. The summed E-state index contributed by atoms with van der Waals surface area (Å²) in [5.41, 5.74) is 9.63. The van der Waals surface area contributed by atoms with Gasteiger partial charge in [0.2, 0.25) is 11.7 Å². The van der Waals surface area contributed by atoms with Crippen LogP contribution in [0.2, 0.25) is 0 Å². The number of furan rings is 2. The maximum atomic E-state index is 6.61. The van der Waals surface area contributed by atoms with E-state index >= 15 is 0 Å². The molecule has 4 heterocycles. The lowest BCUT2D eigenvalue weighted by molar-refractivity contribution is 0.651. The van der Waals surface area contributed by atoms with Crippen LogP contribution >= 0.6 is 0 Å². The molecule has 0 atom stereocenters. The molecule has 1 aliphatic carbocycles. The van der Waals surface area contributed by atoms with Gasteiger partial charge >= 0.3 is 0 Å². The van der Waals surface area contributed by atoms with Crippen LogP contribution in [0.3, 0.4) is 0 Å². The fraction of sp³-hybridized carbons (Fsp3) is 0.0476. The molecule has 5 heteroatoms. The van der Waals surface area contributed by atoms with Crippen LogP contribution in [0.4, 0.5) is 0 Å². The lowest BCUT2D eigenvalue weighted by Crippen LogP contribution is -2.03.